The van der Waals surface area contributed by atoms with Gasteiger partial charge in [-0.15, -0.1) is 11.3 Å². The highest BCUT2D eigenvalue weighted by atomic mass is 32.1. The number of rotatable bonds is 10. The number of hydrogen-bond acceptors (Lipinski definition) is 6. The molecule has 2 aromatic heterocycles. The van der Waals surface area contributed by atoms with Gasteiger partial charge in [-0.05, 0) is 67.3 Å². The van der Waals surface area contributed by atoms with Crippen molar-refractivity contribution in [2.75, 3.05) is 11.4 Å². The molecule has 0 spiro atoms. The number of nitrogens with zero attached hydrogens (tertiary/aromatic N) is 1. The van der Waals surface area contributed by atoms with E-state index in [1.807, 2.05) is 19.1 Å². The van der Waals surface area contributed by atoms with Crippen LogP contribution in [0.15, 0.2) is 88.9 Å². The maximum atomic E-state index is 13.7. The number of hydrogen-bond donors (Lipinski definition) is 2. The molecule has 2 aromatic carbocycles. The largest absolute Gasteiger partial charge is 0.467 e. The minimum absolute atomic E-state index is 0.121. The van der Waals surface area contributed by atoms with Gasteiger partial charge in [0, 0.05) is 11.3 Å². The van der Waals surface area contributed by atoms with Gasteiger partial charge in [0.2, 0.25) is 11.8 Å². The number of Topliss-reactive ketones (excluding diaryl/α,β-unsaturated/α-hetero) is 1. The first-order valence-electron chi connectivity index (χ1n) is 11.9. The molecule has 0 saturated carbocycles. The Morgan fingerprint density at radius 3 is 2.26 bits per heavy atom. The van der Waals surface area contributed by atoms with Crippen molar-refractivity contribution in [1.29, 1.82) is 0 Å². The average Bonchev–Trinajstić information content (AvgIpc) is 3.64. The number of carbonyl (C=O) groups excluding carboxylic acids is 4. The van der Waals surface area contributed by atoms with E-state index in [1.54, 1.807) is 66.0 Å². The molecule has 0 aliphatic heterocycles. The van der Waals surface area contributed by atoms with Crippen LogP contribution in [0.4, 0.5) is 5.69 Å². The first kappa shape index (κ1) is 26.6. The van der Waals surface area contributed by atoms with Gasteiger partial charge in [-0.3, -0.25) is 24.1 Å². The molecular weight excluding hydrogens is 502 g/mol. The molecule has 0 fully saturated rings. The molecule has 8 nitrogen and oxygen atoms in total. The second kappa shape index (κ2) is 12.2. The summed E-state index contributed by atoms with van der Waals surface area (Å²) in [6.45, 7) is 3.18. The summed E-state index contributed by atoms with van der Waals surface area (Å²) in [5, 5.41) is 7.28. The Morgan fingerprint density at radius 2 is 1.66 bits per heavy atom. The molecule has 38 heavy (non-hydrogen) atoms. The number of nitrogens with one attached hydrogen (secondary N) is 2. The Morgan fingerprint density at radius 1 is 0.921 bits per heavy atom. The van der Waals surface area contributed by atoms with E-state index in [4.69, 9.17) is 4.42 Å². The fraction of sp³-hybridized carbons (Fsp3) is 0.172. The Kier molecular flexibility index (Phi) is 8.50. The van der Waals surface area contributed by atoms with E-state index in [2.05, 4.69) is 10.6 Å². The third-order valence-corrected chi connectivity index (χ3v) is 6.75. The monoisotopic (exact) mass is 529 g/mol. The minimum atomic E-state index is -1.06. The molecule has 1 atom stereocenters. The zero-order valence-electron chi connectivity index (χ0n) is 21.0. The highest BCUT2D eigenvalue weighted by Crippen LogP contribution is 2.29. The molecule has 0 saturated heterocycles. The van der Waals surface area contributed by atoms with Gasteiger partial charge in [0.25, 0.3) is 5.91 Å². The number of carbonyl (C=O) groups is 4. The molecule has 2 N–H and O–H groups in total. The lowest BCUT2D eigenvalue weighted by molar-refractivity contribution is -0.126. The average molecular weight is 530 g/mol. The zero-order valence-corrected chi connectivity index (χ0v) is 21.8. The molecule has 0 radical (unpaired) electrons. The predicted molar refractivity (Wildman–Crippen MR) is 145 cm³/mol. The van der Waals surface area contributed by atoms with E-state index in [0.29, 0.717) is 27.5 Å². The summed E-state index contributed by atoms with van der Waals surface area (Å²) in [7, 11) is 0. The van der Waals surface area contributed by atoms with Crippen LogP contribution in [-0.2, 0) is 16.1 Å². The van der Waals surface area contributed by atoms with Gasteiger partial charge in [0.05, 0.1) is 24.2 Å². The van der Waals surface area contributed by atoms with Crippen LogP contribution in [0.5, 0.6) is 0 Å². The number of anilines is 1. The van der Waals surface area contributed by atoms with Crippen molar-refractivity contribution in [2.24, 2.45) is 0 Å². The highest BCUT2D eigenvalue weighted by molar-refractivity contribution is 7.12. The summed E-state index contributed by atoms with van der Waals surface area (Å²) in [4.78, 5) is 53.6. The number of furan rings is 1. The molecule has 4 rings (SSSR count). The number of amides is 3. The molecule has 0 bridgehead atoms. The van der Waals surface area contributed by atoms with Gasteiger partial charge in [0.1, 0.15) is 11.8 Å². The highest BCUT2D eigenvalue weighted by Gasteiger charge is 2.33. The fourth-order valence-electron chi connectivity index (χ4n) is 3.88. The van der Waals surface area contributed by atoms with Crippen LogP contribution in [-0.4, -0.2) is 30.0 Å². The van der Waals surface area contributed by atoms with Gasteiger partial charge in [-0.2, -0.15) is 0 Å². The Balaban J connectivity index is 1.69. The lowest BCUT2D eigenvalue weighted by Gasteiger charge is -2.31. The first-order chi connectivity index (χ1) is 18.3. The summed E-state index contributed by atoms with van der Waals surface area (Å²) in [5.74, 6) is -0.866. The van der Waals surface area contributed by atoms with Gasteiger partial charge in [-0.1, -0.05) is 35.9 Å². The van der Waals surface area contributed by atoms with E-state index in [9.17, 15) is 19.2 Å². The summed E-state index contributed by atoms with van der Waals surface area (Å²) in [5.41, 5.74) is 2.46. The SMILES string of the molecule is CC(=O)c1ccc(N(C(=O)CNC(=O)c2cccs2)[C@H](C(=O)NCc2ccco2)c2ccc(C)cc2)cc1. The van der Waals surface area contributed by atoms with Crippen molar-refractivity contribution in [3.8, 4) is 0 Å². The van der Waals surface area contributed by atoms with Crippen molar-refractivity contribution in [1.82, 2.24) is 10.6 Å². The summed E-state index contributed by atoms with van der Waals surface area (Å²) in [6.07, 6.45) is 1.52. The topological polar surface area (TPSA) is 109 Å². The third kappa shape index (κ3) is 6.43. The van der Waals surface area contributed by atoms with Crippen LogP contribution in [0.2, 0.25) is 0 Å². The van der Waals surface area contributed by atoms with E-state index in [1.165, 1.54) is 29.4 Å². The second-order valence-electron chi connectivity index (χ2n) is 8.64. The molecule has 0 aliphatic rings. The number of thiophene rings is 1. The smallest absolute Gasteiger partial charge is 0.261 e. The molecule has 0 aliphatic carbocycles. The van der Waals surface area contributed by atoms with Crippen molar-refractivity contribution < 1.29 is 23.6 Å². The molecule has 9 heteroatoms. The molecule has 3 amide bonds. The van der Waals surface area contributed by atoms with Crippen molar-refractivity contribution in [2.45, 2.75) is 26.4 Å². The van der Waals surface area contributed by atoms with Crippen LogP contribution < -0.4 is 15.5 Å². The van der Waals surface area contributed by atoms with Crippen LogP contribution in [0.3, 0.4) is 0 Å². The predicted octanol–water partition coefficient (Wildman–Crippen LogP) is 4.67. The number of aryl methyl sites for hydroxylation is 1. The molecular formula is C29H27N3O5S. The van der Waals surface area contributed by atoms with E-state index >= 15 is 0 Å². The zero-order chi connectivity index (χ0) is 27.1. The first-order valence-corrected chi connectivity index (χ1v) is 12.8. The number of benzene rings is 2. The molecule has 4 aromatic rings. The van der Waals surface area contributed by atoms with Crippen molar-refractivity contribution in [3.05, 3.63) is 112 Å². The Labute approximate surface area is 224 Å². The minimum Gasteiger partial charge on any atom is -0.467 e. The molecule has 2 heterocycles. The van der Waals surface area contributed by atoms with E-state index < -0.39 is 17.9 Å². The quantitative estimate of drug-likeness (QED) is 0.290. The lowest BCUT2D eigenvalue weighted by atomic mass is 10.0. The van der Waals surface area contributed by atoms with Crippen molar-refractivity contribution >= 4 is 40.5 Å². The lowest BCUT2D eigenvalue weighted by Crippen LogP contribution is -2.47. The van der Waals surface area contributed by atoms with Gasteiger partial charge < -0.3 is 15.1 Å². The Hall–Kier alpha value is -4.50. The fourth-order valence-corrected chi connectivity index (χ4v) is 4.52. The van der Waals surface area contributed by atoms with Crippen LogP contribution in [0.1, 0.15) is 49.9 Å². The summed E-state index contributed by atoms with van der Waals surface area (Å²) in [6, 6.07) is 19.6. The second-order valence-corrected chi connectivity index (χ2v) is 9.58. The van der Waals surface area contributed by atoms with Crippen LogP contribution in [0, 0.1) is 6.92 Å². The molecule has 0 unspecified atom stereocenters. The van der Waals surface area contributed by atoms with E-state index in [0.717, 1.165) is 5.56 Å². The van der Waals surface area contributed by atoms with Gasteiger partial charge in [0.15, 0.2) is 5.78 Å². The van der Waals surface area contributed by atoms with Gasteiger partial charge >= 0.3 is 0 Å². The summed E-state index contributed by atoms with van der Waals surface area (Å²) >= 11 is 1.26. The van der Waals surface area contributed by atoms with Gasteiger partial charge in [-0.25, -0.2) is 0 Å². The van der Waals surface area contributed by atoms with Crippen LogP contribution >= 0.6 is 11.3 Å². The maximum absolute atomic E-state index is 13.7. The van der Waals surface area contributed by atoms with Crippen LogP contribution in [0.25, 0.3) is 0 Å². The third-order valence-electron chi connectivity index (χ3n) is 5.88. The molecule has 194 valence electrons. The van der Waals surface area contributed by atoms with Crippen molar-refractivity contribution in [3.63, 3.8) is 0 Å². The van der Waals surface area contributed by atoms with E-state index in [-0.39, 0.29) is 24.8 Å². The number of ketones is 1. The normalized spacial score (nSPS) is 11.4. The summed E-state index contributed by atoms with van der Waals surface area (Å²) < 4.78 is 5.34. The maximum Gasteiger partial charge on any atom is 0.261 e. The Bertz CT molecular complexity index is 1400. The standard InChI is InChI=1S/C29H27N3O5S/c1-19-7-9-22(10-8-19)27(29(36)30-17-24-5-3-15-37-24)32(23-13-11-21(12-14-23)20(2)33)26(34)18-31-28(35)25-6-4-16-38-25/h3-16,27H,17-18H2,1-2H3,(H,30,36)(H,31,35)/t27-/m0/s1.